The molecule has 0 aliphatic carbocycles. The summed E-state index contributed by atoms with van der Waals surface area (Å²) in [5, 5.41) is 7.10. The summed E-state index contributed by atoms with van der Waals surface area (Å²) in [6, 6.07) is 26.6. The Kier molecular flexibility index (Phi) is 6.07. The molecule has 0 unspecified atom stereocenters. The minimum Gasteiger partial charge on any atom is -0.457 e. The number of benzene rings is 2. The summed E-state index contributed by atoms with van der Waals surface area (Å²) < 4.78 is 7.90. The van der Waals surface area contributed by atoms with Crippen molar-refractivity contribution in [2.24, 2.45) is 5.92 Å². The van der Waals surface area contributed by atoms with Crippen molar-refractivity contribution < 1.29 is 14.3 Å². The van der Waals surface area contributed by atoms with E-state index in [-0.39, 0.29) is 23.8 Å². The molecule has 0 spiro atoms. The Morgan fingerprint density at radius 1 is 0.875 bits per heavy atom. The number of hydrogen-bond acceptors (Lipinski definition) is 4. The second-order valence-corrected chi connectivity index (χ2v) is 10.5. The molecule has 0 saturated carbocycles. The van der Waals surface area contributed by atoms with Gasteiger partial charge in [-0.3, -0.25) is 14.7 Å². The minimum absolute atomic E-state index is 0.000142. The molecule has 40 heavy (non-hydrogen) atoms. The number of nitrogens with one attached hydrogen (secondary N) is 1. The van der Waals surface area contributed by atoms with E-state index in [9.17, 15) is 9.59 Å². The molecule has 8 nitrogen and oxygen atoms in total. The number of amides is 2. The number of aromatic nitrogens is 3. The number of carbonyl (C=O) groups excluding carboxylic acids is 2. The Morgan fingerprint density at radius 3 is 2.48 bits per heavy atom. The molecular weight excluding hydrogens is 502 g/mol. The zero-order valence-electron chi connectivity index (χ0n) is 21.9. The van der Waals surface area contributed by atoms with Crippen LogP contribution < -0.4 is 4.74 Å². The fourth-order valence-corrected chi connectivity index (χ4v) is 6.16. The van der Waals surface area contributed by atoms with Gasteiger partial charge in [0.15, 0.2) is 0 Å². The first-order valence-corrected chi connectivity index (χ1v) is 13.7. The largest absolute Gasteiger partial charge is 0.457 e. The number of pyridine rings is 1. The minimum atomic E-state index is -0.0103. The second-order valence-electron chi connectivity index (χ2n) is 10.5. The summed E-state index contributed by atoms with van der Waals surface area (Å²) in [7, 11) is 0. The maximum Gasteiger partial charge on any atom is 0.256 e. The lowest BCUT2D eigenvalue weighted by Crippen LogP contribution is -2.48. The summed E-state index contributed by atoms with van der Waals surface area (Å²) in [5.41, 5.74) is 3.91. The van der Waals surface area contributed by atoms with Gasteiger partial charge in [0.05, 0.1) is 28.5 Å². The van der Waals surface area contributed by atoms with Crippen LogP contribution in [0.5, 0.6) is 11.5 Å². The Morgan fingerprint density at radius 2 is 1.68 bits per heavy atom. The van der Waals surface area contributed by atoms with E-state index in [1.165, 1.54) is 0 Å². The van der Waals surface area contributed by atoms with Crippen LogP contribution in [0.3, 0.4) is 0 Å². The Labute approximate surface area is 231 Å². The molecule has 0 radical (unpaired) electrons. The van der Waals surface area contributed by atoms with Gasteiger partial charge in [-0.05, 0) is 79.4 Å². The summed E-state index contributed by atoms with van der Waals surface area (Å²) in [5.74, 6) is 1.71. The van der Waals surface area contributed by atoms with E-state index in [1.54, 1.807) is 6.20 Å². The smallest absolute Gasteiger partial charge is 0.256 e. The van der Waals surface area contributed by atoms with Crippen molar-refractivity contribution in [2.45, 2.75) is 18.9 Å². The van der Waals surface area contributed by atoms with Gasteiger partial charge in [-0.1, -0.05) is 24.3 Å². The molecule has 7 rings (SSSR count). The first-order valence-electron chi connectivity index (χ1n) is 13.7. The molecule has 8 heteroatoms. The van der Waals surface area contributed by atoms with Gasteiger partial charge in [0.2, 0.25) is 0 Å². The van der Waals surface area contributed by atoms with E-state index in [4.69, 9.17) is 4.74 Å². The number of hydrogen-bond donors (Lipinski definition) is 1. The molecule has 2 aliphatic rings. The maximum absolute atomic E-state index is 14.0. The molecule has 1 N–H and O–H groups in total. The van der Waals surface area contributed by atoms with E-state index in [2.05, 4.69) is 10.2 Å². The number of aromatic amines is 1. The lowest BCUT2D eigenvalue weighted by atomic mass is 9.91. The van der Waals surface area contributed by atoms with E-state index in [0.717, 1.165) is 35.5 Å². The molecule has 2 aromatic carbocycles. The molecule has 2 saturated heterocycles. The van der Waals surface area contributed by atoms with Gasteiger partial charge in [-0.25, -0.2) is 0 Å². The van der Waals surface area contributed by atoms with Gasteiger partial charge < -0.3 is 18.9 Å². The van der Waals surface area contributed by atoms with Crippen LogP contribution in [0.4, 0.5) is 0 Å². The average Bonchev–Trinajstić information content (AvgIpc) is 3.76. The maximum atomic E-state index is 14.0. The van der Waals surface area contributed by atoms with Crippen molar-refractivity contribution in [3.63, 3.8) is 0 Å². The monoisotopic (exact) mass is 531 g/mol. The van der Waals surface area contributed by atoms with Crippen molar-refractivity contribution in [1.29, 1.82) is 0 Å². The number of ether oxygens (including phenoxy) is 1. The molecular formula is C32H29N5O3. The lowest BCUT2D eigenvalue weighted by molar-refractivity contribution is 0.0566. The van der Waals surface area contributed by atoms with Gasteiger partial charge in [0, 0.05) is 37.6 Å². The molecule has 2 fully saturated rings. The quantitative estimate of drug-likeness (QED) is 0.325. The van der Waals surface area contributed by atoms with Gasteiger partial charge in [0.25, 0.3) is 11.8 Å². The van der Waals surface area contributed by atoms with Crippen molar-refractivity contribution in [3.8, 4) is 22.9 Å². The van der Waals surface area contributed by atoms with Gasteiger partial charge in [-0.2, -0.15) is 5.10 Å². The third-order valence-electron chi connectivity index (χ3n) is 8.09. The van der Waals surface area contributed by atoms with Crippen LogP contribution in [-0.2, 0) is 0 Å². The van der Waals surface area contributed by atoms with Crippen LogP contribution in [0.2, 0.25) is 0 Å². The number of para-hydroxylation sites is 1. The van der Waals surface area contributed by atoms with E-state index >= 15 is 0 Å². The predicted molar refractivity (Wildman–Crippen MR) is 151 cm³/mol. The van der Waals surface area contributed by atoms with E-state index in [1.807, 2.05) is 105 Å². The van der Waals surface area contributed by atoms with Crippen LogP contribution in [-0.4, -0.2) is 61.9 Å². The highest BCUT2D eigenvalue weighted by atomic mass is 16.5. The highest BCUT2D eigenvalue weighted by Crippen LogP contribution is 2.34. The third kappa shape index (κ3) is 4.31. The van der Waals surface area contributed by atoms with E-state index < -0.39 is 0 Å². The predicted octanol–water partition coefficient (Wildman–Crippen LogP) is 5.50. The topological polar surface area (TPSA) is 82.9 Å². The third-order valence-corrected chi connectivity index (χ3v) is 8.09. The van der Waals surface area contributed by atoms with Crippen LogP contribution >= 0.6 is 0 Å². The van der Waals surface area contributed by atoms with Crippen LogP contribution in [0.25, 0.3) is 16.9 Å². The molecule has 2 amide bonds. The summed E-state index contributed by atoms with van der Waals surface area (Å²) in [6.45, 7) is 1.89. The highest BCUT2D eigenvalue weighted by molar-refractivity contribution is 6.03. The van der Waals surface area contributed by atoms with Crippen LogP contribution in [0.1, 0.15) is 33.6 Å². The van der Waals surface area contributed by atoms with Crippen molar-refractivity contribution >= 4 is 17.3 Å². The van der Waals surface area contributed by atoms with E-state index in [0.29, 0.717) is 36.5 Å². The summed E-state index contributed by atoms with van der Waals surface area (Å²) >= 11 is 0. The number of fused-ring (bicyclic) bond motifs is 2. The van der Waals surface area contributed by atoms with Crippen LogP contribution in [0.15, 0.2) is 97.3 Å². The number of carbonyl (C=O) groups is 2. The zero-order chi connectivity index (χ0) is 27.1. The molecule has 5 heterocycles. The normalized spacial score (nSPS) is 18.6. The SMILES string of the molecule is O=C(c1ccc(Oc2ccccc2)cc1)N1C[C@H]2CCCN(C(=O)c3cc(-c4ccn[nH]4)n4ccccc34)[C@H]2C1. The number of H-pyrrole nitrogens is 1. The fourth-order valence-electron chi connectivity index (χ4n) is 6.16. The Balaban J connectivity index is 1.10. The number of piperidine rings is 1. The van der Waals surface area contributed by atoms with Crippen molar-refractivity contribution in [3.05, 3.63) is 108 Å². The number of rotatable bonds is 5. The molecule has 2 atom stereocenters. The lowest BCUT2D eigenvalue weighted by Gasteiger charge is -2.36. The molecule has 0 bridgehead atoms. The summed E-state index contributed by atoms with van der Waals surface area (Å²) in [4.78, 5) is 31.4. The van der Waals surface area contributed by atoms with Gasteiger partial charge >= 0.3 is 0 Å². The fraction of sp³-hybridized carbons (Fsp3) is 0.219. The van der Waals surface area contributed by atoms with Gasteiger partial charge in [0.1, 0.15) is 11.5 Å². The average molecular weight is 532 g/mol. The molecule has 3 aromatic heterocycles. The molecule has 200 valence electrons. The first kappa shape index (κ1) is 24.2. The van der Waals surface area contributed by atoms with Gasteiger partial charge in [-0.15, -0.1) is 0 Å². The van der Waals surface area contributed by atoms with Crippen molar-refractivity contribution in [2.75, 3.05) is 19.6 Å². The number of nitrogens with zero attached hydrogens (tertiary/aromatic N) is 4. The summed E-state index contributed by atoms with van der Waals surface area (Å²) in [6.07, 6.45) is 5.62. The standard InChI is InChI=1S/C32H29N5O3/c38-31(22-11-13-25(14-12-22)40-24-8-2-1-3-9-24)35-20-23-7-6-18-37(30(23)21-35)32(39)26-19-29(27-15-16-33-34-27)36-17-5-4-10-28(26)36/h1-5,8-17,19,23,30H,6-7,18,20-21H2,(H,33,34)/t23-,30+/m1/s1. The number of likely N-dealkylation sites (tertiary alicyclic amines) is 2. The first-order chi connectivity index (χ1) is 19.7. The molecule has 2 aliphatic heterocycles. The Hall–Kier alpha value is -4.85. The molecule has 5 aromatic rings. The van der Waals surface area contributed by atoms with Crippen molar-refractivity contribution in [1.82, 2.24) is 24.4 Å². The highest BCUT2D eigenvalue weighted by Gasteiger charge is 2.43. The van der Waals surface area contributed by atoms with Crippen LogP contribution in [0, 0.1) is 5.92 Å². The zero-order valence-corrected chi connectivity index (χ0v) is 21.9. The Bertz CT molecular complexity index is 1660. The second kappa shape index (κ2) is 10.0.